The van der Waals surface area contributed by atoms with Crippen LogP contribution in [0.5, 0.6) is 0 Å². The predicted octanol–water partition coefficient (Wildman–Crippen LogP) is 8.03. The van der Waals surface area contributed by atoms with E-state index in [9.17, 15) is 27.6 Å². The molecule has 57 heavy (non-hydrogen) atoms. The van der Waals surface area contributed by atoms with E-state index >= 15 is 0 Å². The number of carbonyl (C=O) groups excluding carboxylic acids is 4. The highest BCUT2D eigenvalue weighted by atomic mass is 32.2. The summed E-state index contributed by atoms with van der Waals surface area (Å²) >= 11 is 0. The van der Waals surface area contributed by atoms with Crippen LogP contribution in [0.2, 0.25) is 0 Å². The van der Waals surface area contributed by atoms with Crippen molar-refractivity contribution in [1.82, 2.24) is 9.80 Å². The molecular formula is C44H64N2O10S. The molecule has 2 amide bonds. The number of amides is 2. The second kappa shape index (κ2) is 17.4. The lowest BCUT2D eigenvalue weighted by Gasteiger charge is -2.28. The molecule has 2 aliphatic heterocycles. The van der Waals surface area contributed by atoms with E-state index in [0.29, 0.717) is 50.1 Å². The first-order valence-corrected chi connectivity index (χ1v) is 21.4. The molecule has 0 radical (unpaired) electrons. The monoisotopic (exact) mass is 812 g/mol. The molecule has 0 aromatic heterocycles. The Kier molecular flexibility index (Phi) is 13.9. The van der Waals surface area contributed by atoms with Gasteiger partial charge in [-0.15, -0.1) is 0 Å². The van der Waals surface area contributed by atoms with Gasteiger partial charge in [0.05, 0.1) is 21.6 Å². The quantitative estimate of drug-likeness (QED) is 0.171. The summed E-state index contributed by atoms with van der Waals surface area (Å²) in [6, 6.07) is 13.1. The zero-order chi connectivity index (χ0) is 42.7. The molecule has 0 bridgehead atoms. The fourth-order valence-electron chi connectivity index (χ4n) is 7.18. The van der Waals surface area contributed by atoms with Gasteiger partial charge in [-0.3, -0.25) is 9.59 Å². The van der Waals surface area contributed by atoms with Gasteiger partial charge in [-0.05, 0) is 156 Å². The molecule has 1 unspecified atom stereocenters. The number of esters is 2. The maximum Gasteiger partial charge on any atom is 0.410 e. The number of hydrogen-bond acceptors (Lipinski definition) is 10. The van der Waals surface area contributed by atoms with Gasteiger partial charge in [0.25, 0.3) is 0 Å². The van der Waals surface area contributed by atoms with Crippen LogP contribution in [0.1, 0.15) is 107 Å². The zero-order valence-corrected chi connectivity index (χ0v) is 36.8. The maximum atomic E-state index is 14.2. The van der Waals surface area contributed by atoms with Crippen LogP contribution >= 0.6 is 0 Å². The fourth-order valence-corrected chi connectivity index (χ4v) is 8.58. The molecule has 2 fully saturated rings. The van der Waals surface area contributed by atoms with Crippen LogP contribution in [0.15, 0.2) is 58.3 Å². The van der Waals surface area contributed by atoms with Crippen LogP contribution in [-0.2, 0) is 51.2 Å². The van der Waals surface area contributed by atoms with Crippen LogP contribution in [0, 0.1) is 23.7 Å². The molecule has 0 spiro atoms. The number of hydrogen-bond donors (Lipinski definition) is 0. The van der Waals surface area contributed by atoms with Crippen molar-refractivity contribution in [1.29, 1.82) is 0 Å². The molecule has 12 nitrogen and oxygen atoms in total. The summed E-state index contributed by atoms with van der Waals surface area (Å²) in [4.78, 5) is 56.4. The van der Waals surface area contributed by atoms with Gasteiger partial charge in [0.2, 0.25) is 9.84 Å². The van der Waals surface area contributed by atoms with Crippen molar-refractivity contribution >= 4 is 34.0 Å². The highest BCUT2D eigenvalue weighted by Gasteiger charge is 2.41. The molecule has 4 rings (SSSR count). The number of likely N-dealkylation sites (tertiary alicyclic amines) is 2. The molecule has 2 aromatic carbocycles. The minimum Gasteiger partial charge on any atom is -0.460 e. The average Bonchev–Trinajstić information content (AvgIpc) is 3.74. The Morgan fingerprint density at radius 1 is 0.579 bits per heavy atom. The summed E-state index contributed by atoms with van der Waals surface area (Å²) in [5, 5.41) is 0. The first kappa shape index (κ1) is 45.6. The Balaban J connectivity index is 1.58. The third kappa shape index (κ3) is 13.5. The molecule has 2 aromatic rings. The lowest BCUT2D eigenvalue weighted by Crippen LogP contribution is -2.38. The molecule has 4 atom stereocenters. The highest BCUT2D eigenvalue weighted by Crippen LogP contribution is 2.34. The van der Waals surface area contributed by atoms with Crippen molar-refractivity contribution in [2.75, 3.05) is 26.2 Å². The van der Waals surface area contributed by atoms with Gasteiger partial charge < -0.3 is 28.7 Å². The number of carbonyl (C=O) groups is 4. The molecule has 316 valence electrons. The van der Waals surface area contributed by atoms with Gasteiger partial charge in [-0.25, -0.2) is 18.0 Å². The number of ether oxygens (including phenoxy) is 4. The SMILES string of the molecule is CC(C)(C)OC(=O)[C@@H](Cc1cccc(S(=O)(=O)c2cccc(C[C@H](C(=O)OC(C)(C)C)[C@H]3CCN(C(=O)OC(C)(C)C)C3)c2)c1)C1CCN(C(=O)OC(C)(C)C)C1. The molecule has 0 aliphatic carbocycles. The summed E-state index contributed by atoms with van der Waals surface area (Å²) < 4.78 is 51.3. The lowest BCUT2D eigenvalue weighted by atomic mass is 9.86. The van der Waals surface area contributed by atoms with Crippen molar-refractivity contribution in [3.05, 3.63) is 59.7 Å². The molecule has 2 aliphatic rings. The maximum absolute atomic E-state index is 14.2. The molecular weight excluding hydrogens is 749 g/mol. The molecule has 2 saturated heterocycles. The van der Waals surface area contributed by atoms with Crippen molar-refractivity contribution in [2.24, 2.45) is 23.7 Å². The van der Waals surface area contributed by atoms with Gasteiger partial charge in [0, 0.05) is 26.2 Å². The Labute approximate surface area is 339 Å². The van der Waals surface area contributed by atoms with Crippen molar-refractivity contribution in [3.63, 3.8) is 0 Å². The normalized spacial score (nSPS) is 19.2. The number of rotatable bonds is 10. The standard InChI is InChI=1S/C44H64N2O10S/c1-41(2,3)53-37(47)35(31-19-21-45(27-31)39(49)55-43(7,8)9)25-29-15-13-17-33(23-29)57(51,52)34-18-14-16-30(24-34)26-36(38(48)54-42(4,5)6)32-20-22-46(28-32)40(50)56-44(10,11)12/h13-18,23-24,31-32,35-36H,19-22,25-28H2,1-12H3/t31-,32?,35-,36-/m0/s1. The Morgan fingerprint density at radius 3 is 1.23 bits per heavy atom. The zero-order valence-electron chi connectivity index (χ0n) is 36.0. The Hall–Kier alpha value is -4.13. The van der Waals surface area contributed by atoms with Gasteiger partial charge in [-0.1, -0.05) is 24.3 Å². The molecule has 0 N–H and O–H groups in total. The van der Waals surface area contributed by atoms with E-state index in [1.54, 1.807) is 129 Å². The fraction of sp³-hybridized carbons (Fsp3) is 0.636. The first-order chi connectivity index (χ1) is 26.1. The predicted molar refractivity (Wildman–Crippen MR) is 216 cm³/mol. The first-order valence-electron chi connectivity index (χ1n) is 19.9. The van der Waals surface area contributed by atoms with E-state index in [1.807, 2.05) is 0 Å². The Morgan fingerprint density at radius 2 is 0.912 bits per heavy atom. The number of nitrogens with zero attached hydrogens (tertiary/aromatic N) is 2. The van der Waals surface area contributed by atoms with E-state index in [1.165, 1.54) is 12.1 Å². The van der Waals surface area contributed by atoms with Gasteiger partial charge in [0.1, 0.15) is 22.4 Å². The van der Waals surface area contributed by atoms with Gasteiger partial charge >= 0.3 is 24.1 Å². The van der Waals surface area contributed by atoms with E-state index in [0.717, 1.165) is 0 Å². The third-order valence-corrected chi connectivity index (χ3v) is 11.4. The average molecular weight is 813 g/mol. The summed E-state index contributed by atoms with van der Waals surface area (Å²) in [7, 11) is -4.04. The summed E-state index contributed by atoms with van der Waals surface area (Å²) in [6.45, 7) is 23.1. The second-order valence-electron chi connectivity index (χ2n) is 19.4. The van der Waals surface area contributed by atoms with E-state index in [2.05, 4.69) is 0 Å². The van der Waals surface area contributed by atoms with Crippen LogP contribution in [0.4, 0.5) is 9.59 Å². The van der Waals surface area contributed by atoms with Crippen LogP contribution in [0.25, 0.3) is 0 Å². The number of benzene rings is 2. The molecule has 0 saturated carbocycles. The van der Waals surface area contributed by atoms with Crippen LogP contribution in [-0.4, -0.2) is 90.9 Å². The summed E-state index contributed by atoms with van der Waals surface area (Å²) in [6.07, 6.45) is 0.684. The smallest absolute Gasteiger partial charge is 0.410 e. The highest BCUT2D eigenvalue weighted by molar-refractivity contribution is 7.91. The van der Waals surface area contributed by atoms with E-state index < -0.39 is 68.2 Å². The van der Waals surface area contributed by atoms with Gasteiger partial charge in [0.15, 0.2) is 0 Å². The molecule has 13 heteroatoms. The summed E-state index contributed by atoms with van der Waals surface area (Å²) in [5.74, 6) is -2.53. The Bertz CT molecular complexity index is 1750. The number of sulfone groups is 1. The second-order valence-corrected chi connectivity index (χ2v) is 21.4. The van der Waals surface area contributed by atoms with Crippen molar-refractivity contribution in [3.8, 4) is 0 Å². The molecule has 2 heterocycles. The van der Waals surface area contributed by atoms with E-state index in [-0.39, 0.29) is 34.5 Å². The van der Waals surface area contributed by atoms with Crippen molar-refractivity contribution in [2.45, 2.75) is 141 Å². The topological polar surface area (TPSA) is 146 Å². The van der Waals surface area contributed by atoms with Crippen molar-refractivity contribution < 1.29 is 46.5 Å². The van der Waals surface area contributed by atoms with E-state index in [4.69, 9.17) is 18.9 Å². The minimum absolute atomic E-state index is 0.0642. The van der Waals surface area contributed by atoms with Crippen LogP contribution < -0.4 is 0 Å². The van der Waals surface area contributed by atoms with Gasteiger partial charge in [-0.2, -0.15) is 0 Å². The lowest BCUT2D eigenvalue weighted by molar-refractivity contribution is -0.163. The third-order valence-electron chi connectivity index (χ3n) is 9.64. The minimum atomic E-state index is -4.04. The van der Waals surface area contributed by atoms with Crippen LogP contribution in [0.3, 0.4) is 0 Å². The summed E-state index contributed by atoms with van der Waals surface area (Å²) in [5.41, 5.74) is -1.53. The largest absolute Gasteiger partial charge is 0.460 e.